The Bertz CT molecular complexity index is 784. The molecule has 6 atom stereocenters. The number of ether oxygens (including phenoxy) is 4. The van der Waals surface area contributed by atoms with E-state index >= 15 is 0 Å². The Morgan fingerprint density at radius 3 is 2.30 bits per heavy atom. The van der Waals surface area contributed by atoms with E-state index < -0.39 is 0 Å². The van der Waals surface area contributed by atoms with E-state index in [4.69, 9.17) is 18.9 Å². The van der Waals surface area contributed by atoms with Crippen molar-refractivity contribution in [3.63, 3.8) is 0 Å². The largest absolute Gasteiger partial charge is 0.393 e. The Hall–Kier alpha value is -1.26. The molecule has 0 aromatic heterocycles. The number of amides is 2. The number of aliphatic hydroxyl groups is 1. The maximum absolute atomic E-state index is 12.4. The van der Waals surface area contributed by atoms with Crippen molar-refractivity contribution in [1.82, 2.24) is 10.6 Å². The summed E-state index contributed by atoms with van der Waals surface area (Å²) in [5.74, 6) is 1.87. The Kier molecular flexibility index (Phi) is 17.4. The van der Waals surface area contributed by atoms with Crippen LogP contribution in [-0.4, -0.2) is 88.5 Å². The van der Waals surface area contributed by atoms with E-state index in [9.17, 15) is 14.7 Å². The van der Waals surface area contributed by atoms with Crippen molar-refractivity contribution in [2.45, 2.75) is 122 Å². The number of aliphatic hydroxyl groups excluding tert-OH is 1. The van der Waals surface area contributed by atoms with Crippen LogP contribution in [0.5, 0.6) is 0 Å². The third-order valence-electron chi connectivity index (χ3n) is 10.0. The average molecular weight is 611 g/mol. The van der Waals surface area contributed by atoms with Crippen LogP contribution in [0.2, 0.25) is 0 Å². The number of nitrogens with one attached hydrogen (secondary N) is 2. The number of fused-ring (bicyclic) bond motifs is 2. The molecule has 0 saturated heterocycles. The van der Waals surface area contributed by atoms with Crippen LogP contribution in [0.15, 0.2) is 0 Å². The van der Waals surface area contributed by atoms with Crippen LogP contribution in [0.25, 0.3) is 0 Å². The molecule has 0 bridgehead atoms. The van der Waals surface area contributed by atoms with E-state index in [0.29, 0.717) is 75.7 Å². The fraction of sp³-hybridized carbons (Fsp3) is 0.941. The van der Waals surface area contributed by atoms with Crippen LogP contribution in [0.1, 0.15) is 110 Å². The highest BCUT2D eigenvalue weighted by Gasteiger charge is 2.50. The van der Waals surface area contributed by atoms with Crippen molar-refractivity contribution < 1.29 is 33.6 Å². The molecule has 9 heteroatoms. The van der Waals surface area contributed by atoms with Crippen LogP contribution in [0.3, 0.4) is 0 Å². The van der Waals surface area contributed by atoms with Crippen molar-refractivity contribution in [3.05, 3.63) is 0 Å². The van der Waals surface area contributed by atoms with Gasteiger partial charge >= 0.3 is 0 Å². The second-order valence-corrected chi connectivity index (χ2v) is 13.5. The molecule has 9 nitrogen and oxygen atoms in total. The first-order valence-electron chi connectivity index (χ1n) is 17.5. The lowest BCUT2D eigenvalue weighted by atomic mass is 9.52. The molecular formula is C34H62N2O7. The van der Waals surface area contributed by atoms with Gasteiger partial charge in [0.2, 0.25) is 11.8 Å². The Labute approximate surface area is 260 Å². The summed E-state index contributed by atoms with van der Waals surface area (Å²) in [5.41, 5.74) is 0.316. The third kappa shape index (κ3) is 13.7. The van der Waals surface area contributed by atoms with Crippen molar-refractivity contribution in [1.29, 1.82) is 0 Å². The minimum atomic E-state index is -0.104. The van der Waals surface area contributed by atoms with Crippen molar-refractivity contribution in [2.24, 2.45) is 23.2 Å². The summed E-state index contributed by atoms with van der Waals surface area (Å²) < 4.78 is 22.4. The van der Waals surface area contributed by atoms with E-state index in [0.717, 1.165) is 83.7 Å². The zero-order chi connectivity index (χ0) is 30.8. The molecule has 3 rings (SSSR count). The molecular weight excluding hydrogens is 548 g/mol. The van der Waals surface area contributed by atoms with Crippen molar-refractivity contribution in [3.8, 4) is 0 Å². The number of carbonyl (C=O) groups is 2. The third-order valence-corrected chi connectivity index (χ3v) is 10.0. The quantitative estimate of drug-likeness (QED) is 0.151. The zero-order valence-electron chi connectivity index (χ0n) is 27.3. The Balaban J connectivity index is 1.09. The molecule has 0 radical (unpaired) electrons. The molecule has 0 aromatic rings. The molecule has 3 fully saturated rings. The second kappa shape index (κ2) is 20.7. The summed E-state index contributed by atoms with van der Waals surface area (Å²) in [6.45, 7) is 9.67. The summed E-state index contributed by atoms with van der Waals surface area (Å²) in [6.07, 6.45) is 15.1. The van der Waals surface area contributed by atoms with Gasteiger partial charge in [-0.05, 0) is 93.8 Å². The molecule has 3 unspecified atom stereocenters. The molecule has 3 saturated carbocycles. The number of unbranched alkanes of at least 4 members (excludes halogenated alkanes) is 3. The standard InChI is InChI=1S/C34H62N2O7/c1-3-17-40-19-21-42-22-20-41-18-9-16-35-32(38)12-6-4-5-7-15-36-33(39)26-43-29-13-14-34(2)25-30-27(23-28(34)24-29)10-8-11-31(30)37/h27-31,37H,3-26H2,1-2H3,(H,35,38)(H,36,39)/t27?,28?,29-,30?,31-,34+/m0/s1. The topological polar surface area (TPSA) is 115 Å². The van der Waals surface area contributed by atoms with E-state index in [2.05, 4.69) is 24.5 Å². The van der Waals surface area contributed by atoms with Gasteiger partial charge in [-0.2, -0.15) is 0 Å². The van der Waals surface area contributed by atoms with Gasteiger partial charge in [0.1, 0.15) is 6.61 Å². The average Bonchev–Trinajstić information content (AvgIpc) is 2.99. The SMILES string of the molecule is CCCOCCOCCOCCCNC(=O)CCCCCCNC(=O)CO[C@H]1CC[C@]2(C)CC3C(CCC[C@@H]3O)CC2C1. The molecule has 0 aliphatic heterocycles. The van der Waals surface area contributed by atoms with Crippen LogP contribution in [0, 0.1) is 23.2 Å². The highest BCUT2D eigenvalue weighted by Crippen LogP contribution is 2.56. The van der Waals surface area contributed by atoms with Gasteiger partial charge in [0, 0.05) is 32.7 Å². The van der Waals surface area contributed by atoms with E-state index in [1.54, 1.807) is 0 Å². The first-order chi connectivity index (χ1) is 20.9. The second-order valence-electron chi connectivity index (χ2n) is 13.5. The molecule has 2 amide bonds. The van der Waals surface area contributed by atoms with E-state index in [1.165, 1.54) is 12.8 Å². The monoisotopic (exact) mass is 610 g/mol. The zero-order valence-corrected chi connectivity index (χ0v) is 27.3. The summed E-state index contributed by atoms with van der Waals surface area (Å²) >= 11 is 0. The van der Waals surface area contributed by atoms with Gasteiger partial charge in [-0.1, -0.05) is 33.1 Å². The van der Waals surface area contributed by atoms with Crippen molar-refractivity contribution >= 4 is 11.8 Å². The Morgan fingerprint density at radius 2 is 1.51 bits per heavy atom. The van der Waals surface area contributed by atoms with Crippen LogP contribution < -0.4 is 10.6 Å². The number of rotatable bonds is 22. The minimum absolute atomic E-state index is 0.0275. The fourth-order valence-corrected chi connectivity index (χ4v) is 7.46. The lowest BCUT2D eigenvalue weighted by molar-refractivity contribution is -0.133. The molecule has 3 N–H and O–H groups in total. The number of hydrogen-bond donors (Lipinski definition) is 3. The summed E-state index contributed by atoms with van der Waals surface area (Å²) in [5, 5.41) is 16.5. The predicted molar refractivity (Wildman–Crippen MR) is 168 cm³/mol. The van der Waals surface area contributed by atoms with Crippen molar-refractivity contribution in [2.75, 3.05) is 59.3 Å². The van der Waals surface area contributed by atoms with Crippen LogP contribution in [0.4, 0.5) is 0 Å². The van der Waals surface area contributed by atoms with Gasteiger partial charge < -0.3 is 34.7 Å². The van der Waals surface area contributed by atoms with E-state index in [1.807, 2.05) is 0 Å². The summed E-state index contributed by atoms with van der Waals surface area (Å²) in [7, 11) is 0. The number of carbonyl (C=O) groups excluding carboxylic acids is 2. The maximum Gasteiger partial charge on any atom is 0.246 e. The molecule has 250 valence electrons. The molecule has 0 aromatic carbocycles. The summed E-state index contributed by atoms with van der Waals surface area (Å²) in [6, 6.07) is 0. The highest BCUT2D eigenvalue weighted by atomic mass is 16.5. The molecule has 0 heterocycles. The van der Waals surface area contributed by atoms with Gasteiger partial charge in [-0.15, -0.1) is 0 Å². The minimum Gasteiger partial charge on any atom is -0.393 e. The molecule has 0 spiro atoms. The first-order valence-corrected chi connectivity index (χ1v) is 17.5. The lowest BCUT2D eigenvalue weighted by Crippen LogP contribution is -2.49. The lowest BCUT2D eigenvalue weighted by Gasteiger charge is -2.54. The van der Waals surface area contributed by atoms with Gasteiger partial charge in [0.05, 0.1) is 38.6 Å². The fourth-order valence-electron chi connectivity index (χ4n) is 7.46. The van der Waals surface area contributed by atoms with Crippen LogP contribution >= 0.6 is 0 Å². The highest BCUT2D eigenvalue weighted by molar-refractivity contribution is 5.77. The Morgan fingerprint density at radius 1 is 0.814 bits per heavy atom. The van der Waals surface area contributed by atoms with Gasteiger partial charge in [0.25, 0.3) is 0 Å². The first kappa shape index (κ1) is 36.2. The predicted octanol–water partition coefficient (Wildman–Crippen LogP) is 4.78. The van der Waals surface area contributed by atoms with Crippen LogP contribution in [-0.2, 0) is 28.5 Å². The summed E-state index contributed by atoms with van der Waals surface area (Å²) in [4.78, 5) is 24.4. The smallest absolute Gasteiger partial charge is 0.246 e. The van der Waals surface area contributed by atoms with E-state index in [-0.39, 0.29) is 30.6 Å². The molecule has 3 aliphatic carbocycles. The van der Waals surface area contributed by atoms with Gasteiger partial charge in [-0.3, -0.25) is 9.59 Å². The van der Waals surface area contributed by atoms with Gasteiger partial charge in [-0.25, -0.2) is 0 Å². The maximum atomic E-state index is 12.4. The van der Waals surface area contributed by atoms with Gasteiger partial charge in [0.15, 0.2) is 0 Å². The normalized spacial score (nSPS) is 28.6. The molecule has 3 aliphatic rings. The molecule has 43 heavy (non-hydrogen) atoms. The number of hydrogen-bond acceptors (Lipinski definition) is 7.